The van der Waals surface area contributed by atoms with Crippen LogP contribution in [0.2, 0.25) is 0 Å². The molecule has 6 nitrogen and oxygen atoms in total. The van der Waals surface area contributed by atoms with Crippen LogP contribution in [0.3, 0.4) is 0 Å². The number of carbonyl (C=O) groups excluding carboxylic acids is 2. The minimum Gasteiger partial charge on any atom is -0.436 e. The van der Waals surface area contributed by atoms with Gasteiger partial charge in [-0.25, -0.2) is 9.37 Å². The van der Waals surface area contributed by atoms with Gasteiger partial charge in [0.05, 0.1) is 0 Å². The number of aromatic nitrogens is 1. The Bertz CT molecular complexity index is 1020. The number of benzene rings is 2. The van der Waals surface area contributed by atoms with Crippen LogP contribution in [0.1, 0.15) is 19.8 Å². The van der Waals surface area contributed by atoms with Crippen LogP contribution in [0.25, 0.3) is 22.6 Å². The molecule has 1 aliphatic rings. The second-order valence-electron chi connectivity index (χ2n) is 6.98. The van der Waals surface area contributed by atoms with Crippen molar-refractivity contribution in [3.05, 3.63) is 48.3 Å². The molecule has 0 bridgehead atoms. The smallest absolute Gasteiger partial charge is 0.227 e. The highest BCUT2D eigenvalue weighted by Crippen LogP contribution is 2.27. The van der Waals surface area contributed by atoms with Crippen LogP contribution in [-0.4, -0.2) is 34.8 Å². The fraction of sp³-hybridized carbons (Fsp3) is 0.286. The van der Waals surface area contributed by atoms with Crippen LogP contribution in [0.5, 0.6) is 0 Å². The van der Waals surface area contributed by atoms with Gasteiger partial charge in [0, 0.05) is 43.2 Å². The van der Waals surface area contributed by atoms with Crippen LogP contribution >= 0.6 is 0 Å². The zero-order valence-corrected chi connectivity index (χ0v) is 15.4. The summed E-state index contributed by atoms with van der Waals surface area (Å²) in [4.78, 5) is 30.1. The molecule has 3 aromatic rings. The molecule has 1 saturated heterocycles. The quantitative estimate of drug-likeness (QED) is 0.748. The van der Waals surface area contributed by atoms with E-state index < -0.39 is 0 Å². The number of anilines is 1. The zero-order valence-electron chi connectivity index (χ0n) is 15.4. The molecule has 0 atom stereocenters. The van der Waals surface area contributed by atoms with Crippen LogP contribution in [-0.2, 0) is 9.59 Å². The number of piperidine rings is 1. The Balaban J connectivity index is 1.47. The van der Waals surface area contributed by atoms with Crippen molar-refractivity contribution in [3.8, 4) is 11.5 Å². The molecule has 0 radical (unpaired) electrons. The highest BCUT2D eigenvalue weighted by molar-refractivity contribution is 5.94. The van der Waals surface area contributed by atoms with Crippen molar-refractivity contribution in [2.75, 3.05) is 18.4 Å². The molecule has 0 saturated carbocycles. The number of oxazole rings is 1. The number of hydrogen-bond donors (Lipinski definition) is 1. The summed E-state index contributed by atoms with van der Waals surface area (Å²) in [5.74, 6) is -0.0442. The number of carbonyl (C=O) groups is 2. The summed E-state index contributed by atoms with van der Waals surface area (Å²) >= 11 is 0. The third-order valence-electron chi connectivity index (χ3n) is 5.06. The second kappa shape index (κ2) is 7.42. The molecule has 0 unspecified atom stereocenters. The van der Waals surface area contributed by atoms with Gasteiger partial charge in [-0.1, -0.05) is 0 Å². The number of amides is 2. The van der Waals surface area contributed by atoms with E-state index in [-0.39, 0.29) is 23.5 Å². The molecule has 2 aromatic carbocycles. The maximum absolute atomic E-state index is 13.1. The number of nitrogens with zero attached hydrogens (tertiary/aromatic N) is 2. The van der Waals surface area contributed by atoms with Crippen molar-refractivity contribution in [3.63, 3.8) is 0 Å². The van der Waals surface area contributed by atoms with E-state index in [4.69, 9.17) is 4.42 Å². The molecule has 0 aliphatic carbocycles. The van der Waals surface area contributed by atoms with E-state index in [2.05, 4.69) is 10.3 Å². The minimum absolute atomic E-state index is 0.0478. The molecule has 0 spiro atoms. The molecule has 1 fully saturated rings. The Kier molecular flexibility index (Phi) is 4.81. The van der Waals surface area contributed by atoms with Crippen molar-refractivity contribution in [1.29, 1.82) is 0 Å². The molecule has 28 heavy (non-hydrogen) atoms. The molecule has 1 N–H and O–H groups in total. The average molecular weight is 381 g/mol. The van der Waals surface area contributed by atoms with Gasteiger partial charge in [0.25, 0.3) is 0 Å². The third-order valence-corrected chi connectivity index (χ3v) is 5.06. The Labute approximate surface area is 161 Å². The van der Waals surface area contributed by atoms with Crippen LogP contribution in [0.15, 0.2) is 46.9 Å². The Morgan fingerprint density at radius 2 is 1.86 bits per heavy atom. The standard InChI is InChI=1S/C21H20FN3O3/c1-13(26)25-10-8-14(9-11-25)20(27)23-17-6-7-18-19(12-17)28-21(24-18)15-2-4-16(22)5-3-15/h2-7,12,14H,8-11H2,1H3,(H,23,27). The first-order chi connectivity index (χ1) is 13.5. The highest BCUT2D eigenvalue weighted by Gasteiger charge is 2.26. The van der Waals surface area contributed by atoms with Crippen molar-refractivity contribution < 1.29 is 18.4 Å². The molecular weight excluding hydrogens is 361 g/mol. The summed E-state index contributed by atoms with van der Waals surface area (Å²) in [6.07, 6.45) is 1.31. The van der Waals surface area contributed by atoms with Gasteiger partial charge in [0.2, 0.25) is 17.7 Å². The third kappa shape index (κ3) is 3.74. The normalized spacial score (nSPS) is 15.0. The summed E-state index contributed by atoms with van der Waals surface area (Å²) in [7, 11) is 0. The van der Waals surface area contributed by atoms with Crippen molar-refractivity contribution in [2.45, 2.75) is 19.8 Å². The predicted octanol–water partition coefficient (Wildman–Crippen LogP) is 3.83. The first-order valence-electron chi connectivity index (χ1n) is 9.22. The van der Waals surface area contributed by atoms with Gasteiger partial charge in [0.15, 0.2) is 5.58 Å². The lowest BCUT2D eigenvalue weighted by molar-refractivity contribution is -0.132. The van der Waals surface area contributed by atoms with Crippen molar-refractivity contribution >= 4 is 28.6 Å². The second-order valence-corrected chi connectivity index (χ2v) is 6.98. The van der Waals surface area contributed by atoms with E-state index >= 15 is 0 Å². The predicted molar refractivity (Wildman–Crippen MR) is 103 cm³/mol. The molecule has 2 amide bonds. The minimum atomic E-state index is -0.320. The first-order valence-corrected chi connectivity index (χ1v) is 9.22. The molecule has 1 aliphatic heterocycles. The monoisotopic (exact) mass is 381 g/mol. The maximum Gasteiger partial charge on any atom is 0.227 e. The van der Waals surface area contributed by atoms with E-state index in [1.54, 1.807) is 42.2 Å². The molecule has 7 heteroatoms. The fourth-order valence-electron chi connectivity index (χ4n) is 3.42. The number of nitrogens with one attached hydrogen (secondary N) is 1. The maximum atomic E-state index is 13.1. The lowest BCUT2D eigenvalue weighted by atomic mass is 9.96. The van der Waals surface area contributed by atoms with E-state index in [0.29, 0.717) is 54.2 Å². The van der Waals surface area contributed by atoms with Crippen molar-refractivity contribution in [1.82, 2.24) is 9.88 Å². The van der Waals surface area contributed by atoms with Crippen LogP contribution in [0.4, 0.5) is 10.1 Å². The Morgan fingerprint density at radius 3 is 2.54 bits per heavy atom. The number of fused-ring (bicyclic) bond motifs is 1. The summed E-state index contributed by atoms with van der Waals surface area (Å²) in [6.45, 7) is 2.76. The Hall–Kier alpha value is -3.22. The number of halogens is 1. The van der Waals surface area contributed by atoms with Crippen molar-refractivity contribution in [2.24, 2.45) is 5.92 Å². The molecule has 4 rings (SSSR count). The summed E-state index contributed by atoms with van der Waals surface area (Å²) in [5.41, 5.74) is 2.52. The number of hydrogen-bond acceptors (Lipinski definition) is 4. The van der Waals surface area contributed by atoms with Gasteiger partial charge in [-0.2, -0.15) is 0 Å². The van der Waals surface area contributed by atoms with Crippen LogP contribution in [0, 0.1) is 11.7 Å². The summed E-state index contributed by atoms with van der Waals surface area (Å²) < 4.78 is 18.9. The van der Waals surface area contributed by atoms with Gasteiger partial charge in [-0.3, -0.25) is 9.59 Å². The number of rotatable bonds is 3. The first kappa shape index (κ1) is 18.2. The SMILES string of the molecule is CC(=O)N1CCC(C(=O)Nc2ccc3nc(-c4ccc(F)cc4)oc3c2)CC1. The van der Waals surface area contributed by atoms with Gasteiger partial charge in [-0.05, 0) is 49.2 Å². The Morgan fingerprint density at radius 1 is 1.14 bits per heavy atom. The topological polar surface area (TPSA) is 75.4 Å². The molecule has 2 heterocycles. The fourth-order valence-corrected chi connectivity index (χ4v) is 3.42. The van der Waals surface area contributed by atoms with E-state index in [1.165, 1.54) is 12.1 Å². The largest absolute Gasteiger partial charge is 0.436 e. The zero-order chi connectivity index (χ0) is 19.7. The van der Waals surface area contributed by atoms with E-state index in [0.717, 1.165) is 0 Å². The van der Waals surface area contributed by atoms with Gasteiger partial charge in [-0.15, -0.1) is 0 Å². The summed E-state index contributed by atoms with van der Waals surface area (Å²) in [5, 5.41) is 2.92. The lowest BCUT2D eigenvalue weighted by Gasteiger charge is -2.30. The van der Waals surface area contributed by atoms with Gasteiger partial charge < -0.3 is 14.6 Å². The summed E-state index contributed by atoms with van der Waals surface area (Å²) in [6, 6.07) is 11.2. The van der Waals surface area contributed by atoms with Crippen LogP contribution < -0.4 is 5.32 Å². The molecule has 1 aromatic heterocycles. The molecular formula is C21H20FN3O3. The van der Waals surface area contributed by atoms with Gasteiger partial charge in [0.1, 0.15) is 11.3 Å². The lowest BCUT2D eigenvalue weighted by Crippen LogP contribution is -2.40. The molecule has 144 valence electrons. The average Bonchev–Trinajstić information content (AvgIpc) is 3.12. The van der Waals surface area contributed by atoms with E-state index in [1.807, 2.05) is 0 Å². The number of likely N-dealkylation sites (tertiary alicyclic amines) is 1. The van der Waals surface area contributed by atoms with Gasteiger partial charge >= 0.3 is 0 Å². The highest BCUT2D eigenvalue weighted by atomic mass is 19.1. The van der Waals surface area contributed by atoms with E-state index in [9.17, 15) is 14.0 Å².